The largest absolute Gasteiger partial charge is 0.0882 e. The Kier molecular flexibility index (Phi) is 15.0. The standard InChI is InChI=1S/C18H30/c1-3-5-7-9-11-13-15-17-18-16-14-12-10-8-6-4-2/h7,9-10,12-13,15-16,18H,3-6,8,11,14,17H2,1-2H3/b9-7-,12-10-,15-13-,18-16-. The van der Waals surface area contributed by atoms with Crippen molar-refractivity contribution in [2.75, 3.05) is 0 Å². The Balaban J connectivity index is 3.36. The molecule has 0 aliphatic carbocycles. The highest BCUT2D eigenvalue weighted by Gasteiger charge is 1.77. The molecule has 0 rings (SSSR count). The van der Waals surface area contributed by atoms with E-state index in [1.807, 2.05) is 0 Å². The van der Waals surface area contributed by atoms with E-state index in [0.29, 0.717) is 0 Å². The molecule has 0 atom stereocenters. The lowest BCUT2D eigenvalue weighted by molar-refractivity contribution is 0.813. The number of rotatable bonds is 11. The van der Waals surface area contributed by atoms with Gasteiger partial charge in [-0.1, -0.05) is 81.7 Å². The van der Waals surface area contributed by atoms with Crippen LogP contribution in [0.25, 0.3) is 0 Å². The van der Waals surface area contributed by atoms with Crippen molar-refractivity contribution in [2.45, 2.75) is 65.2 Å². The van der Waals surface area contributed by atoms with Crippen molar-refractivity contribution in [1.82, 2.24) is 0 Å². The Bertz CT molecular complexity index is 253. The van der Waals surface area contributed by atoms with Gasteiger partial charge in [0.15, 0.2) is 0 Å². The van der Waals surface area contributed by atoms with E-state index in [1.54, 1.807) is 0 Å². The summed E-state index contributed by atoms with van der Waals surface area (Å²) in [6, 6.07) is 0. The van der Waals surface area contributed by atoms with Gasteiger partial charge in [0.2, 0.25) is 0 Å². The summed E-state index contributed by atoms with van der Waals surface area (Å²) in [5.74, 6) is 0. The van der Waals surface area contributed by atoms with Crippen molar-refractivity contribution >= 4 is 0 Å². The fourth-order valence-corrected chi connectivity index (χ4v) is 1.54. The van der Waals surface area contributed by atoms with Gasteiger partial charge in [0.05, 0.1) is 0 Å². The molecule has 0 saturated carbocycles. The molecule has 0 nitrogen and oxygen atoms in total. The SMILES string of the molecule is CCC/C=C\C/C=C\C/C=C\C/C=C\CCCC. The molecular weight excluding hydrogens is 216 g/mol. The zero-order valence-corrected chi connectivity index (χ0v) is 12.3. The molecule has 0 spiro atoms. The maximum atomic E-state index is 2.29. The van der Waals surface area contributed by atoms with Gasteiger partial charge >= 0.3 is 0 Å². The van der Waals surface area contributed by atoms with Gasteiger partial charge in [-0.15, -0.1) is 0 Å². The Morgan fingerprint density at radius 3 is 1.39 bits per heavy atom. The van der Waals surface area contributed by atoms with Crippen molar-refractivity contribution in [1.29, 1.82) is 0 Å². The summed E-state index contributed by atoms with van der Waals surface area (Å²) in [6.45, 7) is 4.44. The van der Waals surface area contributed by atoms with Gasteiger partial charge in [-0.3, -0.25) is 0 Å². The van der Waals surface area contributed by atoms with Gasteiger partial charge < -0.3 is 0 Å². The van der Waals surface area contributed by atoms with Gasteiger partial charge in [0.1, 0.15) is 0 Å². The van der Waals surface area contributed by atoms with Crippen molar-refractivity contribution in [3.05, 3.63) is 48.6 Å². The molecule has 0 saturated heterocycles. The summed E-state index contributed by atoms with van der Waals surface area (Å²) in [6.07, 6.45) is 27.6. The van der Waals surface area contributed by atoms with Gasteiger partial charge in [-0.05, 0) is 32.1 Å². The molecule has 0 radical (unpaired) electrons. The minimum absolute atomic E-state index is 1.06. The van der Waals surface area contributed by atoms with Gasteiger partial charge in [0.25, 0.3) is 0 Å². The van der Waals surface area contributed by atoms with E-state index in [2.05, 4.69) is 62.5 Å². The van der Waals surface area contributed by atoms with E-state index in [9.17, 15) is 0 Å². The van der Waals surface area contributed by atoms with Crippen molar-refractivity contribution < 1.29 is 0 Å². The number of hydrogen-bond acceptors (Lipinski definition) is 0. The van der Waals surface area contributed by atoms with Crippen LogP contribution in [0.1, 0.15) is 65.2 Å². The third-order valence-electron chi connectivity index (χ3n) is 2.66. The highest BCUT2D eigenvalue weighted by molar-refractivity contribution is 4.99. The Hall–Kier alpha value is -1.04. The van der Waals surface area contributed by atoms with Crippen LogP contribution < -0.4 is 0 Å². The van der Waals surface area contributed by atoms with Crippen molar-refractivity contribution in [3.63, 3.8) is 0 Å². The van der Waals surface area contributed by atoms with Crippen LogP contribution >= 0.6 is 0 Å². The smallest absolute Gasteiger partial charge is 0.0169 e. The van der Waals surface area contributed by atoms with Crippen molar-refractivity contribution in [3.8, 4) is 0 Å². The summed E-state index contributed by atoms with van der Waals surface area (Å²) >= 11 is 0. The van der Waals surface area contributed by atoms with E-state index < -0.39 is 0 Å². The van der Waals surface area contributed by atoms with Gasteiger partial charge in [0, 0.05) is 0 Å². The van der Waals surface area contributed by atoms with Crippen LogP contribution in [-0.2, 0) is 0 Å². The third kappa shape index (κ3) is 15.0. The summed E-state index contributed by atoms with van der Waals surface area (Å²) in [5.41, 5.74) is 0. The van der Waals surface area contributed by atoms with Crippen LogP contribution in [0, 0.1) is 0 Å². The van der Waals surface area contributed by atoms with Crippen LogP contribution in [-0.4, -0.2) is 0 Å². The molecule has 0 N–H and O–H groups in total. The summed E-state index contributed by atoms with van der Waals surface area (Å²) < 4.78 is 0. The zero-order valence-electron chi connectivity index (χ0n) is 12.3. The van der Waals surface area contributed by atoms with E-state index in [0.717, 1.165) is 19.3 Å². The molecule has 0 bridgehead atoms. The minimum atomic E-state index is 1.06. The first-order valence-corrected chi connectivity index (χ1v) is 7.51. The average Bonchev–Trinajstić information content (AvgIpc) is 2.39. The predicted octanol–water partition coefficient (Wildman–Crippen LogP) is 6.37. The monoisotopic (exact) mass is 246 g/mol. The van der Waals surface area contributed by atoms with Crippen molar-refractivity contribution in [2.24, 2.45) is 0 Å². The molecule has 0 heteroatoms. The lowest BCUT2D eigenvalue weighted by Gasteiger charge is -1.87. The highest BCUT2D eigenvalue weighted by Crippen LogP contribution is 1.98. The van der Waals surface area contributed by atoms with Crippen LogP contribution in [0.2, 0.25) is 0 Å². The molecule has 0 aliphatic heterocycles. The number of unbranched alkanes of at least 4 members (excludes halogenated alkanes) is 3. The quantitative estimate of drug-likeness (QED) is 0.293. The van der Waals surface area contributed by atoms with Gasteiger partial charge in [-0.25, -0.2) is 0 Å². The Morgan fingerprint density at radius 1 is 0.500 bits per heavy atom. The molecule has 0 heterocycles. The fraction of sp³-hybridized carbons (Fsp3) is 0.556. The topological polar surface area (TPSA) is 0 Å². The minimum Gasteiger partial charge on any atom is -0.0882 e. The van der Waals surface area contributed by atoms with Crippen LogP contribution in [0.3, 0.4) is 0 Å². The third-order valence-corrected chi connectivity index (χ3v) is 2.66. The molecule has 0 aromatic rings. The highest BCUT2D eigenvalue weighted by atomic mass is 13.8. The molecule has 18 heavy (non-hydrogen) atoms. The van der Waals surface area contributed by atoms with E-state index in [4.69, 9.17) is 0 Å². The Labute approximate surface area is 114 Å². The summed E-state index contributed by atoms with van der Waals surface area (Å²) in [5, 5.41) is 0. The van der Waals surface area contributed by atoms with Gasteiger partial charge in [-0.2, -0.15) is 0 Å². The fourth-order valence-electron chi connectivity index (χ4n) is 1.54. The predicted molar refractivity (Wildman–Crippen MR) is 84.8 cm³/mol. The molecule has 102 valence electrons. The van der Waals surface area contributed by atoms with Crippen LogP contribution in [0.4, 0.5) is 0 Å². The van der Waals surface area contributed by atoms with E-state index in [1.165, 1.54) is 32.1 Å². The first-order valence-electron chi connectivity index (χ1n) is 7.51. The normalized spacial score (nSPS) is 12.8. The van der Waals surface area contributed by atoms with E-state index >= 15 is 0 Å². The second kappa shape index (κ2) is 16.0. The van der Waals surface area contributed by atoms with Crippen LogP contribution in [0.15, 0.2) is 48.6 Å². The lowest BCUT2D eigenvalue weighted by atomic mass is 10.2. The second-order valence-electron chi connectivity index (χ2n) is 4.52. The maximum absolute atomic E-state index is 2.29. The maximum Gasteiger partial charge on any atom is -0.0169 e. The molecule has 0 aromatic heterocycles. The molecule has 0 aromatic carbocycles. The number of allylic oxidation sites excluding steroid dienone is 8. The second-order valence-corrected chi connectivity index (χ2v) is 4.52. The first kappa shape index (κ1) is 17.0. The summed E-state index contributed by atoms with van der Waals surface area (Å²) in [7, 11) is 0. The molecular formula is C18H30. The van der Waals surface area contributed by atoms with Crippen LogP contribution in [0.5, 0.6) is 0 Å². The molecule has 0 amide bonds. The first-order chi connectivity index (χ1) is 8.91. The lowest BCUT2D eigenvalue weighted by Crippen LogP contribution is -1.67. The molecule has 0 aliphatic rings. The van der Waals surface area contributed by atoms with E-state index in [-0.39, 0.29) is 0 Å². The summed E-state index contributed by atoms with van der Waals surface area (Å²) in [4.78, 5) is 0. The average molecular weight is 246 g/mol. The molecule has 0 fully saturated rings. The zero-order chi connectivity index (χ0) is 13.3. The number of hydrogen-bond donors (Lipinski definition) is 0. The molecule has 0 unspecified atom stereocenters. The Morgan fingerprint density at radius 2 is 0.944 bits per heavy atom.